The Morgan fingerprint density at radius 1 is 0.733 bits per heavy atom. The van der Waals surface area contributed by atoms with Crippen molar-refractivity contribution >= 4 is 43.7 Å². The molecule has 224 valence electrons. The topological polar surface area (TPSA) is 65.1 Å². The van der Waals surface area contributed by atoms with Crippen LogP contribution in [0, 0.1) is 6.07 Å². The van der Waals surface area contributed by atoms with Crippen molar-refractivity contribution in [1.82, 2.24) is 19.1 Å². The van der Waals surface area contributed by atoms with Gasteiger partial charge in [-0.25, -0.2) is 9.97 Å². The number of benzene rings is 4. The van der Waals surface area contributed by atoms with E-state index in [0.29, 0.717) is 22.5 Å². The predicted octanol–water partition coefficient (Wildman–Crippen LogP) is 9.26. The van der Waals surface area contributed by atoms with E-state index in [-0.39, 0.29) is 32.2 Å². The van der Waals surface area contributed by atoms with Gasteiger partial charge in [0.1, 0.15) is 17.1 Å². The van der Waals surface area contributed by atoms with E-state index in [1.165, 1.54) is 5.56 Å². The number of phenolic OH excluding ortho intramolecular Hbond substituents is 1. The summed E-state index contributed by atoms with van der Waals surface area (Å²) >= 11 is 0. The number of hydrogen-bond acceptors (Lipinski definition) is 4. The third-order valence-electron chi connectivity index (χ3n) is 8.21. The molecule has 0 bridgehead atoms. The number of rotatable bonds is 4. The van der Waals surface area contributed by atoms with Crippen LogP contribution >= 0.6 is 0 Å². The number of ether oxygens (including phenoxy) is 1. The molecule has 8 aromatic rings. The Hall–Kier alpha value is -4.93. The van der Waals surface area contributed by atoms with E-state index in [1.54, 1.807) is 6.07 Å². The third-order valence-corrected chi connectivity index (χ3v) is 8.21. The normalized spacial score (nSPS) is 11.8. The fraction of sp³-hybridized carbons (Fsp3) is 0.105. The molecule has 45 heavy (non-hydrogen) atoms. The molecule has 0 fully saturated rings. The van der Waals surface area contributed by atoms with Crippen LogP contribution in [0.4, 0.5) is 0 Å². The number of pyridine rings is 2. The number of phenols is 1. The van der Waals surface area contributed by atoms with Crippen molar-refractivity contribution in [3.63, 3.8) is 0 Å². The van der Waals surface area contributed by atoms with Crippen LogP contribution in [0.25, 0.3) is 55.2 Å². The molecule has 1 N–H and O–H groups in total. The van der Waals surface area contributed by atoms with E-state index in [9.17, 15) is 5.11 Å². The van der Waals surface area contributed by atoms with Crippen LogP contribution < -0.4 is 4.74 Å². The maximum absolute atomic E-state index is 10.9. The van der Waals surface area contributed by atoms with Crippen molar-refractivity contribution in [2.24, 2.45) is 0 Å². The van der Waals surface area contributed by atoms with Crippen molar-refractivity contribution in [1.29, 1.82) is 0 Å². The van der Waals surface area contributed by atoms with E-state index in [1.807, 2.05) is 72.9 Å². The zero-order valence-corrected chi connectivity index (χ0v) is 27.2. The summed E-state index contributed by atoms with van der Waals surface area (Å²) in [5, 5.41) is 13.8. The number of aromatic hydroxyl groups is 1. The Bertz CT molecular complexity index is 2370. The van der Waals surface area contributed by atoms with Crippen molar-refractivity contribution in [3.8, 4) is 28.9 Å². The van der Waals surface area contributed by atoms with Gasteiger partial charge in [0.25, 0.3) is 0 Å². The Morgan fingerprint density at radius 2 is 1.51 bits per heavy atom. The summed E-state index contributed by atoms with van der Waals surface area (Å²) in [4.78, 5) is 9.68. The Labute approximate surface area is 274 Å². The molecule has 4 aromatic carbocycles. The van der Waals surface area contributed by atoms with E-state index in [0.717, 1.165) is 44.3 Å². The molecule has 0 aliphatic carbocycles. The zero-order valence-electron chi connectivity index (χ0n) is 24.9. The Kier molecular flexibility index (Phi) is 6.98. The summed E-state index contributed by atoms with van der Waals surface area (Å²) in [5.74, 6) is 1.96. The summed E-state index contributed by atoms with van der Waals surface area (Å²) < 4.78 is 10.6. The van der Waals surface area contributed by atoms with Crippen LogP contribution in [0.5, 0.6) is 17.4 Å². The number of nitrogens with zero attached hydrogens (tertiary/aromatic N) is 4. The second kappa shape index (κ2) is 10.9. The maximum Gasteiger partial charge on any atom is 0.217 e. The van der Waals surface area contributed by atoms with E-state index < -0.39 is 0 Å². The minimum Gasteiger partial charge on any atom is -0.507 e. The molecule has 4 aromatic heterocycles. The van der Waals surface area contributed by atoms with Gasteiger partial charge >= 0.3 is 0 Å². The molecule has 0 saturated heterocycles. The van der Waals surface area contributed by atoms with Gasteiger partial charge in [-0.3, -0.25) is 0 Å². The average molecular weight is 769 g/mol. The monoisotopic (exact) mass is 768 g/mol. The molecule has 6 nitrogen and oxygen atoms in total. The fourth-order valence-electron chi connectivity index (χ4n) is 6.09. The molecule has 8 rings (SSSR count). The number of aromatic nitrogens is 4. The molecule has 0 saturated carbocycles. The molecule has 0 atom stereocenters. The summed E-state index contributed by atoms with van der Waals surface area (Å²) in [7, 11) is 0. The summed E-state index contributed by atoms with van der Waals surface area (Å²) in [5.41, 5.74) is 6.53. The molecule has 0 aliphatic rings. The van der Waals surface area contributed by atoms with Crippen molar-refractivity contribution in [2.45, 2.75) is 26.2 Å². The summed E-state index contributed by atoms with van der Waals surface area (Å²) in [6, 6.07) is 39.5. The molecule has 0 radical (unpaired) electrons. The van der Waals surface area contributed by atoms with Gasteiger partial charge in [-0.05, 0) is 64.9 Å². The van der Waals surface area contributed by atoms with Gasteiger partial charge in [0.2, 0.25) is 5.88 Å². The smallest absolute Gasteiger partial charge is 0.217 e. The van der Waals surface area contributed by atoms with Crippen molar-refractivity contribution in [2.75, 3.05) is 0 Å². The molecule has 7 heteroatoms. The first kappa shape index (κ1) is 28.8. The fourth-order valence-corrected chi connectivity index (χ4v) is 6.09. The third kappa shape index (κ3) is 4.77. The Balaban J connectivity index is 0.00000325. The van der Waals surface area contributed by atoms with Crippen molar-refractivity contribution in [3.05, 3.63) is 127 Å². The SMILES string of the molecule is CC(C)(C)c1ccnc(-n2c3[c-]c(Oc4ccc5c(n4)c4c(O)cccc4n5-c4ccccc4)ccc3c3ccccc32)c1.[Pt]. The van der Waals surface area contributed by atoms with Gasteiger partial charge in [-0.15, -0.1) is 17.5 Å². The van der Waals surface area contributed by atoms with E-state index >= 15 is 0 Å². The zero-order chi connectivity index (χ0) is 30.0. The van der Waals surface area contributed by atoms with Crippen LogP contribution in [0.1, 0.15) is 26.3 Å². The molecule has 4 heterocycles. The van der Waals surface area contributed by atoms with Crippen LogP contribution in [0.3, 0.4) is 0 Å². The standard InChI is InChI=1S/C38H29N4O2.Pt/c1-38(2,3)24-20-21-39-34(22-24)42-29-13-8-7-12-27(29)28-17-16-26(23-32(28)42)44-35-19-18-31-37(40-35)36-30(14-9-15-33(36)43)41(31)25-10-5-4-6-11-25;/h4-22,43H,1-3H3;/q-1;. The van der Waals surface area contributed by atoms with Gasteiger partial charge in [0.05, 0.1) is 16.4 Å². The molecule has 0 unspecified atom stereocenters. The van der Waals surface area contributed by atoms with Crippen LogP contribution in [-0.2, 0) is 26.5 Å². The van der Waals surface area contributed by atoms with Gasteiger partial charge in [-0.2, -0.15) is 6.07 Å². The maximum atomic E-state index is 10.9. The number of para-hydroxylation sites is 2. The quantitative estimate of drug-likeness (QED) is 0.182. The summed E-state index contributed by atoms with van der Waals surface area (Å²) in [6.07, 6.45) is 1.87. The Morgan fingerprint density at radius 3 is 2.33 bits per heavy atom. The van der Waals surface area contributed by atoms with Crippen LogP contribution in [-0.4, -0.2) is 24.2 Å². The first-order valence-electron chi connectivity index (χ1n) is 14.7. The molecule has 0 aliphatic heterocycles. The largest absolute Gasteiger partial charge is 0.507 e. The minimum atomic E-state index is -0.0170. The van der Waals surface area contributed by atoms with Gasteiger partial charge in [-0.1, -0.05) is 68.8 Å². The van der Waals surface area contributed by atoms with E-state index in [4.69, 9.17) is 14.7 Å². The predicted molar refractivity (Wildman–Crippen MR) is 176 cm³/mol. The molecule has 0 amide bonds. The molecular formula is C38H29N4O2Pt-. The first-order valence-corrected chi connectivity index (χ1v) is 14.7. The molecular weight excluding hydrogens is 740 g/mol. The molecule has 0 spiro atoms. The van der Waals surface area contributed by atoms with Gasteiger partial charge in [0, 0.05) is 50.3 Å². The number of hydrogen-bond donors (Lipinski definition) is 1. The van der Waals surface area contributed by atoms with Crippen LogP contribution in [0.2, 0.25) is 0 Å². The van der Waals surface area contributed by atoms with Crippen molar-refractivity contribution < 1.29 is 30.9 Å². The minimum absolute atomic E-state index is 0. The van der Waals surface area contributed by atoms with Gasteiger partial charge < -0.3 is 19.0 Å². The first-order chi connectivity index (χ1) is 21.4. The second-order valence-electron chi connectivity index (χ2n) is 12.1. The average Bonchev–Trinajstić information content (AvgIpc) is 3.54. The van der Waals surface area contributed by atoms with Gasteiger partial charge in [0.15, 0.2) is 0 Å². The second-order valence-corrected chi connectivity index (χ2v) is 12.1. The number of fused-ring (bicyclic) bond motifs is 6. The van der Waals surface area contributed by atoms with E-state index in [2.05, 4.69) is 72.4 Å². The summed E-state index contributed by atoms with van der Waals surface area (Å²) in [6.45, 7) is 6.62. The van der Waals surface area contributed by atoms with Crippen LogP contribution in [0.15, 0.2) is 115 Å².